The summed E-state index contributed by atoms with van der Waals surface area (Å²) in [6.45, 7) is 0. The van der Waals surface area contributed by atoms with Gasteiger partial charge >= 0.3 is 23.9 Å². The van der Waals surface area contributed by atoms with E-state index in [2.05, 4.69) is 12.1 Å². The van der Waals surface area contributed by atoms with Crippen LogP contribution in [-0.4, -0.2) is 23.9 Å². The van der Waals surface area contributed by atoms with E-state index in [0.29, 0.717) is 25.7 Å². The maximum atomic E-state index is 12.1. The van der Waals surface area contributed by atoms with Gasteiger partial charge in [-0.05, 0) is 58.7 Å². The molecule has 0 aromatic heterocycles. The lowest BCUT2D eigenvalue weighted by Gasteiger charge is -2.27. The molecule has 6 heteroatoms. The lowest BCUT2D eigenvalue weighted by atomic mass is 9.73. The third kappa shape index (κ3) is 2.03. The highest BCUT2D eigenvalue weighted by Crippen LogP contribution is 2.42. The van der Waals surface area contributed by atoms with E-state index in [1.54, 1.807) is 0 Å². The standard InChI is InChI=1S/C22H16O6/c23-19-15-4-10-2-1-9-3-11-6-16-17(21(25)27-20(16)24)7-12(11)5-13(9)14(10)8-18(15)22(26)28-19/h1-3,5,15-18H,4,6-8H2. The third-order valence-electron chi connectivity index (χ3n) is 6.88. The number of carbonyl (C=O) groups is 4. The van der Waals surface area contributed by atoms with Gasteiger partial charge in [-0.3, -0.25) is 19.2 Å². The topological polar surface area (TPSA) is 86.7 Å². The van der Waals surface area contributed by atoms with E-state index in [4.69, 9.17) is 9.47 Å². The van der Waals surface area contributed by atoms with E-state index in [9.17, 15) is 19.2 Å². The fourth-order valence-corrected chi connectivity index (χ4v) is 5.38. The lowest BCUT2D eigenvalue weighted by molar-refractivity contribution is -0.155. The SMILES string of the molecule is O=C1OC(=O)C2Cc3cc4c5c(ccc4cc3CC12)CC1C(=O)OC(=O)C1C5. The first-order chi connectivity index (χ1) is 13.5. The Morgan fingerprint density at radius 1 is 0.607 bits per heavy atom. The number of rotatable bonds is 0. The average Bonchev–Trinajstić information content (AvgIpc) is 3.12. The Morgan fingerprint density at radius 2 is 1.11 bits per heavy atom. The first-order valence-electron chi connectivity index (χ1n) is 9.57. The summed E-state index contributed by atoms with van der Waals surface area (Å²) >= 11 is 0. The highest BCUT2D eigenvalue weighted by Gasteiger charge is 2.48. The molecule has 0 bridgehead atoms. The molecule has 0 saturated carbocycles. The van der Waals surface area contributed by atoms with Gasteiger partial charge in [0.25, 0.3) is 0 Å². The maximum Gasteiger partial charge on any atom is 0.317 e. The fraction of sp³-hybridized carbons (Fsp3) is 0.364. The van der Waals surface area contributed by atoms with Crippen molar-refractivity contribution in [3.05, 3.63) is 46.5 Å². The van der Waals surface area contributed by atoms with Gasteiger partial charge in [0, 0.05) is 0 Å². The van der Waals surface area contributed by atoms with Crippen LogP contribution in [0.3, 0.4) is 0 Å². The molecule has 2 heterocycles. The van der Waals surface area contributed by atoms with Crippen LogP contribution in [0, 0.1) is 23.7 Å². The van der Waals surface area contributed by atoms with Gasteiger partial charge in [-0.25, -0.2) is 0 Å². The molecule has 2 fully saturated rings. The zero-order valence-corrected chi connectivity index (χ0v) is 14.9. The Morgan fingerprint density at radius 3 is 1.71 bits per heavy atom. The van der Waals surface area contributed by atoms with Crippen LogP contribution >= 0.6 is 0 Å². The largest absolute Gasteiger partial charge is 0.393 e. The minimum atomic E-state index is -0.425. The molecule has 2 aromatic carbocycles. The summed E-state index contributed by atoms with van der Waals surface area (Å²) in [7, 11) is 0. The second-order valence-corrected chi connectivity index (χ2v) is 8.27. The third-order valence-corrected chi connectivity index (χ3v) is 6.88. The average molecular weight is 376 g/mol. The van der Waals surface area contributed by atoms with Gasteiger partial charge in [0.1, 0.15) is 0 Å². The fourth-order valence-electron chi connectivity index (χ4n) is 5.38. The van der Waals surface area contributed by atoms with Crippen molar-refractivity contribution in [2.24, 2.45) is 23.7 Å². The van der Waals surface area contributed by atoms with Gasteiger partial charge in [-0.2, -0.15) is 0 Å². The first kappa shape index (κ1) is 16.0. The molecule has 28 heavy (non-hydrogen) atoms. The number of fused-ring (bicyclic) bond motifs is 6. The number of carbonyl (C=O) groups excluding carboxylic acids is 4. The molecule has 2 aliphatic heterocycles. The Labute approximate surface area is 159 Å². The summed E-state index contributed by atoms with van der Waals surface area (Å²) in [4.78, 5) is 47.9. The van der Waals surface area contributed by atoms with Gasteiger partial charge in [0.2, 0.25) is 0 Å². The number of hydrogen-bond acceptors (Lipinski definition) is 6. The highest BCUT2D eigenvalue weighted by atomic mass is 16.6. The summed E-state index contributed by atoms with van der Waals surface area (Å²) in [5, 5.41) is 2.10. The number of cyclic esters (lactones) is 4. The zero-order valence-electron chi connectivity index (χ0n) is 14.9. The van der Waals surface area contributed by atoms with Crippen LogP contribution in [0.2, 0.25) is 0 Å². The minimum Gasteiger partial charge on any atom is -0.393 e. The molecule has 0 amide bonds. The van der Waals surface area contributed by atoms with Gasteiger partial charge in [-0.1, -0.05) is 24.3 Å². The molecular formula is C22H16O6. The van der Waals surface area contributed by atoms with E-state index in [1.807, 2.05) is 12.1 Å². The molecule has 6 rings (SSSR count). The van der Waals surface area contributed by atoms with Crippen LogP contribution in [0.25, 0.3) is 10.8 Å². The van der Waals surface area contributed by atoms with Gasteiger partial charge in [-0.15, -0.1) is 0 Å². The summed E-state index contributed by atoms with van der Waals surface area (Å²) in [6.07, 6.45) is 2.02. The predicted molar refractivity (Wildman–Crippen MR) is 94.9 cm³/mol. The van der Waals surface area contributed by atoms with Crippen molar-refractivity contribution in [3.8, 4) is 0 Å². The number of benzene rings is 2. The molecular weight excluding hydrogens is 360 g/mol. The monoisotopic (exact) mass is 376 g/mol. The molecule has 4 atom stereocenters. The molecule has 2 aliphatic carbocycles. The van der Waals surface area contributed by atoms with E-state index in [-0.39, 0.29) is 11.8 Å². The van der Waals surface area contributed by atoms with Gasteiger partial charge < -0.3 is 9.47 Å². The van der Waals surface area contributed by atoms with E-state index in [0.717, 1.165) is 33.0 Å². The predicted octanol–water partition coefficient (Wildman–Crippen LogP) is 1.67. The van der Waals surface area contributed by atoms with Gasteiger partial charge in [0.15, 0.2) is 0 Å². The van der Waals surface area contributed by atoms with Crippen molar-refractivity contribution in [2.45, 2.75) is 25.7 Å². The first-order valence-corrected chi connectivity index (χ1v) is 9.57. The van der Waals surface area contributed by atoms with Crippen molar-refractivity contribution in [2.75, 3.05) is 0 Å². The summed E-state index contributed by atoms with van der Waals surface area (Å²) in [5.41, 5.74) is 4.29. The molecule has 6 nitrogen and oxygen atoms in total. The van der Waals surface area contributed by atoms with Crippen LogP contribution < -0.4 is 0 Å². The Kier molecular flexibility index (Phi) is 3.01. The second-order valence-electron chi connectivity index (χ2n) is 8.27. The Hall–Kier alpha value is -3.02. The van der Waals surface area contributed by atoms with Crippen LogP contribution in [-0.2, 0) is 54.3 Å². The maximum absolute atomic E-state index is 12.1. The van der Waals surface area contributed by atoms with Crippen molar-refractivity contribution in [1.82, 2.24) is 0 Å². The second kappa shape index (κ2) is 5.28. The van der Waals surface area contributed by atoms with E-state index >= 15 is 0 Å². The molecule has 2 aromatic rings. The van der Waals surface area contributed by atoms with Crippen LogP contribution in [0.1, 0.15) is 22.3 Å². The van der Waals surface area contributed by atoms with Crippen molar-refractivity contribution in [1.29, 1.82) is 0 Å². The summed E-state index contributed by atoms with van der Waals surface area (Å²) in [6, 6.07) is 8.23. The van der Waals surface area contributed by atoms with Crippen LogP contribution in [0.4, 0.5) is 0 Å². The molecule has 0 N–H and O–H groups in total. The smallest absolute Gasteiger partial charge is 0.317 e. The molecule has 0 radical (unpaired) electrons. The lowest BCUT2D eigenvalue weighted by Crippen LogP contribution is -2.28. The van der Waals surface area contributed by atoms with Gasteiger partial charge in [0.05, 0.1) is 23.7 Å². The molecule has 4 aliphatic rings. The van der Waals surface area contributed by atoms with E-state index in [1.165, 1.54) is 0 Å². The number of esters is 4. The number of hydrogen-bond donors (Lipinski definition) is 0. The summed E-state index contributed by atoms with van der Waals surface area (Å²) < 4.78 is 9.69. The molecule has 0 spiro atoms. The summed E-state index contributed by atoms with van der Waals surface area (Å²) in [5.74, 6) is -3.25. The van der Waals surface area contributed by atoms with Crippen molar-refractivity contribution in [3.63, 3.8) is 0 Å². The molecule has 4 unspecified atom stereocenters. The normalized spacial score (nSPS) is 30.4. The Bertz CT molecular complexity index is 1120. The minimum absolute atomic E-state index is 0.380. The zero-order chi connectivity index (χ0) is 19.2. The Balaban J connectivity index is 1.47. The van der Waals surface area contributed by atoms with Crippen LogP contribution in [0.15, 0.2) is 24.3 Å². The molecule has 2 saturated heterocycles. The highest BCUT2D eigenvalue weighted by molar-refractivity contribution is 5.99. The number of ether oxygens (including phenoxy) is 2. The molecule has 140 valence electrons. The van der Waals surface area contributed by atoms with E-state index < -0.39 is 35.7 Å². The van der Waals surface area contributed by atoms with Crippen molar-refractivity contribution >= 4 is 34.6 Å². The van der Waals surface area contributed by atoms with Crippen LogP contribution in [0.5, 0.6) is 0 Å². The quantitative estimate of drug-likeness (QED) is 0.514. The van der Waals surface area contributed by atoms with Crippen molar-refractivity contribution < 1.29 is 28.7 Å².